The van der Waals surface area contributed by atoms with Gasteiger partial charge in [-0.3, -0.25) is 4.98 Å². The number of nitrogens with zero attached hydrogens (tertiary/aromatic N) is 1. The summed E-state index contributed by atoms with van der Waals surface area (Å²) in [5.74, 6) is 0.878. The van der Waals surface area contributed by atoms with Crippen molar-refractivity contribution in [1.82, 2.24) is 4.98 Å². The number of pyridine rings is 1. The van der Waals surface area contributed by atoms with E-state index in [1.54, 1.807) is 6.20 Å². The first-order chi connectivity index (χ1) is 9.09. The molecule has 19 heavy (non-hydrogen) atoms. The quantitative estimate of drug-likeness (QED) is 0.625. The smallest absolute Gasteiger partial charge is 0.156 e. The first-order valence-corrected chi connectivity index (χ1v) is 6.51. The predicted octanol–water partition coefficient (Wildman–Crippen LogP) is 4.73. The average molecular weight is 251 g/mol. The lowest BCUT2D eigenvalue weighted by atomic mass is 9.98. The number of rotatable bonds is 1. The number of hydrogen-bond donors (Lipinski definition) is 0. The summed E-state index contributed by atoms with van der Waals surface area (Å²) in [6, 6.07) is 8.01. The summed E-state index contributed by atoms with van der Waals surface area (Å²) in [7, 11) is 0. The molecule has 0 atom stereocenters. The maximum Gasteiger partial charge on any atom is 0.156 e. The van der Waals surface area contributed by atoms with Gasteiger partial charge in [-0.2, -0.15) is 0 Å². The van der Waals surface area contributed by atoms with Crippen molar-refractivity contribution >= 4 is 11.0 Å². The van der Waals surface area contributed by atoms with Gasteiger partial charge in [-0.15, -0.1) is 0 Å². The first kappa shape index (κ1) is 12.0. The molecule has 2 heterocycles. The molecule has 0 saturated carbocycles. The van der Waals surface area contributed by atoms with Crippen LogP contribution in [-0.2, 0) is 0 Å². The third kappa shape index (κ3) is 1.75. The number of furan rings is 1. The minimum absolute atomic E-state index is 0.878. The average Bonchev–Trinajstić information content (AvgIpc) is 2.74. The second kappa shape index (κ2) is 4.23. The number of fused-ring (bicyclic) bond motifs is 1. The molecule has 0 N–H and O–H groups in total. The number of benzene rings is 1. The Morgan fingerprint density at radius 1 is 0.947 bits per heavy atom. The van der Waals surface area contributed by atoms with Crippen LogP contribution in [-0.4, -0.2) is 4.98 Å². The highest BCUT2D eigenvalue weighted by atomic mass is 16.3. The van der Waals surface area contributed by atoms with Crippen LogP contribution in [0, 0.1) is 27.7 Å². The Bertz CT molecular complexity index is 754. The van der Waals surface area contributed by atoms with Gasteiger partial charge in [0, 0.05) is 17.1 Å². The molecule has 0 aliphatic rings. The van der Waals surface area contributed by atoms with Gasteiger partial charge in [-0.1, -0.05) is 6.07 Å². The van der Waals surface area contributed by atoms with Crippen molar-refractivity contribution in [1.29, 1.82) is 0 Å². The van der Waals surface area contributed by atoms with Gasteiger partial charge in [-0.25, -0.2) is 0 Å². The van der Waals surface area contributed by atoms with Crippen LogP contribution in [0.15, 0.2) is 34.9 Å². The molecule has 0 bridgehead atoms. The van der Waals surface area contributed by atoms with Gasteiger partial charge in [0.2, 0.25) is 0 Å². The zero-order chi connectivity index (χ0) is 13.6. The SMILES string of the molecule is Cc1cc2oc(-c3ccccn3)c(C)c2c(C)c1C. The van der Waals surface area contributed by atoms with Gasteiger partial charge in [0.05, 0.1) is 0 Å². The van der Waals surface area contributed by atoms with Crippen molar-refractivity contribution in [2.24, 2.45) is 0 Å². The number of hydrogen-bond acceptors (Lipinski definition) is 2. The second-order valence-electron chi connectivity index (χ2n) is 5.09. The maximum atomic E-state index is 6.04. The molecular formula is C17H17NO. The van der Waals surface area contributed by atoms with E-state index >= 15 is 0 Å². The molecular weight excluding hydrogens is 234 g/mol. The lowest BCUT2D eigenvalue weighted by molar-refractivity contribution is 0.626. The highest BCUT2D eigenvalue weighted by Gasteiger charge is 2.16. The van der Waals surface area contributed by atoms with Gasteiger partial charge < -0.3 is 4.42 Å². The molecule has 3 rings (SSSR count). The molecule has 0 aliphatic carbocycles. The molecule has 2 aromatic heterocycles. The fourth-order valence-corrected chi connectivity index (χ4v) is 2.63. The van der Waals surface area contributed by atoms with Crippen LogP contribution < -0.4 is 0 Å². The number of aromatic nitrogens is 1. The van der Waals surface area contributed by atoms with Gasteiger partial charge in [-0.05, 0) is 62.6 Å². The summed E-state index contributed by atoms with van der Waals surface area (Å²) in [4.78, 5) is 4.39. The molecule has 1 aromatic carbocycles. The Labute approximate surface area is 113 Å². The summed E-state index contributed by atoms with van der Waals surface area (Å²) >= 11 is 0. The van der Waals surface area contributed by atoms with Crippen molar-refractivity contribution in [2.75, 3.05) is 0 Å². The minimum atomic E-state index is 0.878. The molecule has 0 unspecified atom stereocenters. The van der Waals surface area contributed by atoms with Crippen molar-refractivity contribution in [2.45, 2.75) is 27.7 Å². The molecule has 0 radical (unpaired) electrons. The van der Waals surface area contributed by atoms with Crippen LogP contribution in [0.5, 0.6) is 0 Å². The van der Waals surface area contributed by atoms with E-state index in [0.717, 1.165) is 17.0 Å². The molecule has 0 spiro atoms. The maximum absolute atomic E-state index is 6.04. The van der Waals surface area contributed by atoms with Crippen LogP contribution in [0.3, 0.4) is 0 Å². The van der Waals surface area contributed by atoms with E-state index in [-0.39, 0.29) is 0 Å². The molecule has 0 fully saturated rings. The Kier molecular flexibility index (Phi) is 2.67. The van der Waals surface area contributed by atoms with E-state index < -0.39 is 0 Å². The summed E-state index contributed by atoms with van der Waals surface area (Å²) in [5, 5.41) is 1.23. The molecule has 3 aromatic rings. The third-order valence-electron chi connectivity index (χ3n) is 3.95. The molecule has 2 nitrogen and oxygen atoms in total. The lowest BCUT2D eigenvalue weighted by Gasteiger charge is -2.05. The Hall–Kier alpha value is -2.09. The van der Waals surface area contributed by atoms with Gasteiger partial charge in [0.1, 0.15) is 11.3 Å². The molecule has 0 aliphatic heterocycles. The van der Waals surface area contributed by atoms with Crippen molar-refractivity contribution in [3.8, 4) is 11.5 Å². The van der Waals surface area contributed by atoms with Crippen LogP contribution in [0.1, 0.15) is 22.3 Å². The van der Waals surface area contributed by atoms with Crippen LogP contribution >= 0.6 is 0 Å². The summed E-state index contributed by atoms with van der Waals surface area (Å²) in [6.07, 6.45) is 1.80. The van der Waals surface area contributed by atoms with Gasteiger partial charge in [0.15, 0.2) is 5.76 Å². The van der Waals surface area contributed by atoms with E-state index in [1.807, 2.05) is 18.2 Å². The van der Waals surface area contributed by atoms with Crippen LogP contribution in [0.2, 0.25) is 0 Å². The largest absolute Gasteiger partial charge is 0.454 e. The van der Waals surface area contributed by atoms with Gasteiger partial charge >= 0.3 is 0 Å². The standard InChI is InChI=1S/C17H17NO/c1-10-9-15-16(12(3)11(10)2)13(4)17(19-15)14-7-5-6-8-18-14/h5-9H,1-4H3. The van der Waals surface area contributed by atoms with E-state index in [9.17, 15) is 0 Å². The topological polar surface area (TPSA) is 26.0 Å². The van der Waals surface area contributed by atoms with E-state index in [0.29, 0.717) is 0 Å². The normalized spacial score (nSPS) is 11.2. The zero-order valence-corrected chi connectivity index (χ0v) is 11.7. The fourth-order valence-electron chi connectivity index (χ4n) is 2.63. The third-order valence-corrected chi connectivity index (χ3v) is 3.95. The number of aryl methyl sites for hydroxylation is 3. The Balaban J connectivity index is 2.36. The summed E-state index contributed by atoms with van der Waals surface area (Å²) < 4.78 is 6.04. The van der Waals surface area contributed by atoms with Gasteiger partial charge in [0.25, 0.3) is 0 Å². The zero-order valence-electron chi connectivity index (χ0n) is 11.7. The summed E-state index contributed by atoms with van der Waals surface area (Å²) in [6.45, 7) is 8.56. The van der Waals surface area contributed by atoms with Crippen LogP contribution in [0.25, 0.3) is 22.4 Å². The lowest BCUT2D eigenvalue weighted by Crippen LogP contribution is -1.88. The molecule has 0 amide bonds. The monoisotopic (exact) mass is 251 g/mol. The molecule has 2 heteroatoms. The second-order valence-corrected chi connectivity index (χ2v) is 5.09. The van der Waals surface area contributed by atoms with E-state index in [1.165, 1.54) is 27.6 Å². The molecule has 0 saturated heterocycles. The predicted molar refractivity (Wildman–Crippen MR) is 78.4 cm³/mol. The summed E-state index contributed by atoms with van der Waals surface area (Å²) in [5.41, 5.74) is 6.94. The Morgan fingerprint density at radius 2 is 1.74 bits per heavy atom. The fraction of sp³-hybridized carbons (Fsp3) is 0.235. The van der Waals surface area contributed by atoms with Crippen molar-refractivity contribution in [3.63, 3.8) is 0 Å². The highest BCUT2D eigenvalue weighted by Crippen LogP contribution is 2.35. The molecule has 96 valence electrons. The van der Waals surface area contributed by atoms with Crippen molar-refractivity contribution in [3.05, 3.63) is 52.7 Å². The van der Waals surface area contributed by atoms with E-state index in [2.05, 4.69) is 38.7 Å². The van der Waals surface area contributed by atoms with Crippen LogP contribution in [0.4, 0.5) is 0 Å². The Morgan fingerprint density at radius 3 is 2.42 bits per heavy atom. The van der Waals surface area contributed by atoms with E-state index in [4.69, 9.17) is 4.42 Å². The first-order valence-electron chi connectivity index (χ1n) is 6.51. The van der Waals surface area contributed by atoms with Crippen molar-refractivity contribution < 1.29 is 4.42 Å². The highest BCUT2D eigenvalue weighted by molar-refractivity contribution is 5.91. The minimum Gasteiger partial charge on any atom is -0.454 e.